The molecule has 6 heteroatoms. The van der Waals surface area contributed by atoms with E-state index < -0.39 is 0 Å². The SMILES string of the molecule is CNSc1cccc(Nc2ncnc3[nH]c(-c4cccc(C)c4)cc23)c1. The van der Waals surface area contributed by atoms with E-state index in [-0.39, 0.29) is 0 Å². The molecule has 0 amide bonds. The molecule has 26 heavy (non-hydrogen) atoms. The summed E-state index contributed by atoms with van der Waals surface area (Å²) >= 11 is 1.58. The van der Waals surface area contributed by atoms with Crippen molar-refractivity contribution < 1.29 is 0 Å². The zero-order valence-corrected chi connectivity index (χ0v) is 15.4. The number of nitrogens with one attached hydrogen (secondary N) is 3. The summed E-state index contributed by atoms with van der Waals surface area (Å²) in [6.45, 7) is 2.09. The Kier molecular flexibility index (Phi) is 4.60. The molecule has 2 aromatic heterocycles. The van der Waals surface area contributed by atoms with Crippen LogP contribution < -0.4 is 10.0 Å². The quantitative estimate of drug-likeness (QED) is 0.441. The van der Waals surface area contributed by atoms with Gasteiger partial charge >= 0.3 is 0 Å². The zero-order valence-electron chi connectivity index (χ0n) is 14.6. The molecule has 0 aliphatic carbocycles. The van der Waals surface area contributed by atoms with Gasteiger partial charge in [0.1, 0.15) is 17.8 Å². The molecule has 2 heterocycles. The van der Waals surface area contributed by atoms with Crippen LogP contribution in [0.4, 0.5) is 11.5 Å². The molecule has 0 unspecified atom stereocenters. The van der Waals surface area contributed by atoms with Gasteiger partial charge in [-0.1, -0.05) is 29.8 Å². The fourth-order valence-corrected chi connectivity index (χ4v) is 3.47. The number of hydrogen-bond donors (Lipinski definition) is 3. The molecule has 4 aromatic rings. The number of anilines is 2. The summed E-state index contributed by atoms with van der Waals surface area (Å²) in [6.07, 6.45) is 1.58. The number of rotatable bonds is 5. The lowest BCUT2D eigenvalue weighted by molar-refractivity contribution is 1.20. The number of aromatic nitrogens is 3. The predicted octanol–water partition coefficient (Wildman–Crippen LogP) is 4.90. The van der Waals surface area contributed by atoms with Crippen LogP contribution in [0.5, 0.6) is 0 Å². The summed E-state index contributed by atoms with van der Waals surface area (Å²) in [5, 5.41) is 4.38. The van der Waals surface area contributed by atoms with Crippen LogP contribution in [0, 0.1) is 6.92 Å². The van der Waals surface area contributed by atoms with Crippen LogP contribution in [0.15, 0.2) is 65.8 Å². The maximum Gasteiger partial charge on any atom is 0.143 e. The summed E-state index contributed by atoms with van der Waals surface area (Å²) in [5.74, 6) is 0.789. The van der Waals surface area contributed by atoms with Crippen LogP contribution in [-0.2, 0) is 0 Å². The third kappa shape index (κ3) is 3.42. The van der Waals surface area contributed by atoms with Crippen molar-refractivity contribution in [3.05, 3.63) is 66.5 Å². The second-order valence-corrected chi connectivity index (χ2v) is 7.08. The second kappa shape index (κ2) is 7.19. The Morgan fingerprint density at radius 1 is 1.00 bits per heavy atom. The first kappa shape index (κ1) is 16.6. The highest BCUT2D eigenvalue weighted by molar-refractivity contribution is 7.97. The molecule has 0 bridgehead atoms. The first-order chi connectivity index (χ1) is 12.7. The van der Waals surface area contributed by atoms with Gasteiger partial charge in [-0.15, -0.1) is 0 Å². The van der Waals surface area contributed by atoms with Crippen molar-refractivity contribution in [2.24, 2.45) is 0 Å². The Bertz CT molecular complexity index is 1060. The molecule has 130 valence electrons. The Balaban J connectivity index is 1.71. The Hall–Kier alpha value is -2.83. The number of benzene rings is 2. The van der Waals surface area contributed by atoms with Gasteiger partial charge in [0.25, 0.3) is 0 Å². The number of fused-ring (bicyclic) bond motifs is 1. The molecule has 0 atom stereocenters. The smallest absolute Gasteiger partial charge is 0.143 e. The van der Waals surface area contributed by atoms with Gasteiger partial charge in [-0.3, -0.25) is 4.72 Å². The zero-order chi connectivity index (χ0) is 17.9. The lowest BCUT2D eigenvalue weighted by atomic mass is 10.1. The lowest BCUT2D eigenvalue weighted by Crippen LogP contribution is -1.96. The van der Waals surface area contributed by atoms with E-state index in [0.717, 1.165) is 38.7 Å². The number of H-pyrrole nitrogens is 1. The van der Waals surface area contributed by atoms with E-state index in [4.69, 9.17) is 0 Å². The topological polar surface area (TPSA) is 65.6 Å². The standard InChI is InChI=1S/C20H19N5S/c1-13-5-3-6-14(9-13)18-11-17-19(22-12-23-20(17)25-18)24-15-7-4-8-16(10-15)26-21-2/h3-12,21H,1-2H3,(H2,22,23,24,25). The summed E-state index contributed by atoms with van der Waals surface area (Å²) < 4.78 is 3.09. The summed E-state index contributed by atoms with van der Waals surface area (Å²) in [5.41, 5.74) is 5.21. The van der Waals surface area contributed by atoms with Crippen LogP contribution in [-0.4, -0.2) is 22.0 Å². The minimum atomic E-state index is 0.789. The van der Waals surface area contributed by atoms with Crippen molar-refractivity contribution in [2.75, 3.05) is 12.4 Å². The van der Waals surface area contributed by atoms with E-state index in [1.54, 1.807) is 18.3 Å². The summed E-state index contributed by atoms with van der Waals surface area (Å²) in [7, 11) is 1.91. The Morgan fingerprint density at radius 2 is 1.88 bits per heavy atom. The monoisotopic (exact) mass is 361 g/mol. The molecule has 0 aliphatic heterocycles. The van der Waals surface area contributed by atoms with Crippen LogP contribution >= 0.6 is 11.9 Å². The fraction of sp³-hybridized carbons (Fsp3) is 0.100. The third-order valence-corrected chi connectivity index (χ3v) is 4.77. The summed E-state index contributed by atoms with van der Waals surface area (Å²) in [4.78, 5) is 13.3. The first-order valence-corrected chi connectivity index (χ1v) is 9.16. The van der Waals surface area contributed by atoms with Crippen molar-refractivity contribution in [3.8, 4) is 11.3 Å². The minimum absolute atomic E-state index is 0.789. The van der Waals surface area contributed by atoms with E-state index in [1.165, 1.54) is 5.56 Å². The molecule has 0 spiro atoms. The van der Waals surface area contributed by atoms with Crippen molar-refractivity contribution in [1.82, 2.24) is 19.7 Å². The molecule has 0 radical (unpaired) electrons. The highest BCUT2D eigenvalue weighted by Gasteiger charge is 2.10. The van der Waals surface area contributed by atoms with E-state index in [2.05, 4.69) is 74.4 Å². The van der Waals surface area contributed by atoms with Gasteiger partial charge in [-0.2, -0.15) is 0 Å². The first-order valence-electron chi connectivity index (χ1n) is 8.34. The molecule has 2 aromatic carbocycles. The van der Waals surface area contributed by atoms with Crippen LogP contribution in [0.2, 0.25) is 0 Å². The largest absolute Gasteiger partial charge is 0.340 e. The maximum absolute atomic E-state index is 4.44. The van der Waals surface area contributed by atoms with Gasteiger partial charge in [0.2, 0.25) is 0 Å². The van der Waals surface area contributed by atoms with Crippen molar-refractivity contribution in [1.29, 1.82) is 0 Å². The van der Waals surface area contributed by atoms with E-state index >= 15 is 0 Å². The molecule has 0 saturated heterocycles. The van der Waals surface area contributed by atoms with Crippen molar-refractivity contribution in [3.63, 3.8) is 0 Å². The van der Waals surface area contributed by atoms with Crippen LogP contribution in [0.1, 0.15) is 5.56 Å². The van der Waals surface area contributed by atoms with Gasteiger partial charge in [0.15, 0.2) is 0 Å². The Labute approximate surface area is 156 Å². The highest BCUT2D eigenvalue weighted by atomic mass is 32.2. The van der Waals surface area contributed by atoms with Gasteiger partial charge in [0.05, 0.1) is 5.39 Å². The molecular formula is C20H19N5S. The molecule has 0 fully saturated rings. The normalized spacial score (nSPS) is 11.0. The predicted molar refractivity (Wildman–Crippen MR) is 109 cm³/mol. The minimum Gasteiger partial charge on any atom is -0.340 e. The number of hydrogen-bond acceptors (Lipinski definition) is 5. The fourth-order valence-electron chi connectivity index (χ4n) is 2.90. The lowest BCUT2D eigenvalue weighted by Gasteiger charge is -2.07. The van der Waals surface area contributed by atoms with Gasteiger partial charge in [-0.05, 0) is 61.8 Å². The van der Waals surface area contributed by atoms with E-state index in [9.17, 15) is 0 Å². The number of aromatic amines is 1. The van der Waals surface area contributed by atoms with Gasteiger partial charge in [-0.25, -0.2) is 9.97 Å². The molecule has 3 N–H and O–H groups in total. The molecule has 4 rings (SSSR count). The van der Waals surface area contributed by atoms with Crippen molar-refractivity contribution >= 4 is 34.5 Å². The second-order valence-electron chi connectivity index (χ2n) is 6.00. The Morgan fingerprint density at radius 3 is 2.73 bits per heavy atom. The van der Waals surface area contributed by atoms with E-state index in [0.29, 0.717) is 0 Å². The van der Waals surface area contributed by atoms with Gasteiger partial charge < -0.3 is 10.3 Å². The van der Waals surface area contributed by atoms with Crippen LogP contribution in [0.3, 0.4) is 0 Å². The van der Waals surface area contributed by atoms with E-state index in [1.807, 2.05) is 19.2 Å². The highest BCUT2D eigenvalue weighted by Crippen LogP contribution is 2.29. The molecule has 0 saturated carbocycles. The molecule has 0 aliphatic rings. The average Bonchev–Trinajstić information content (AvgIpc) is 3.08. The van der Waals surface area contributed by atoms with Gasteiger partial charge in [0, 0.05) is 16.3 Å². The van der Waals surface area contributed by atoms with Crippen LogP contribution in [0.25, 0.3) is 22.3 Å². The van der Waals surface area contributed by atoms with Crippen molar-refractivity contribution in [2.45, 2.75) is 11.8 Å². The number of nitrogens with zero attached hydrogens (tertiary/aromatic N) is 2. The summed E-state index contributed by atoms with van der Waals surface area (Å²) in [6, 6.07) is 18.7. The number of aryl methyl sites for hydroxylation is 1. The third-order valence-electron chi connectivity index (χ3n) is 4.07. The average molecular weight is 361 g/mol. The molecular weight excluding hydrogens is 342 g/mol. The maximum atomic E-state index is 4.44. The molecule has 5 nitrogen and oxygen atoms in total.